The van der Waals surface area contributed by atoms with Crippen molar-refractivity contribution in [1.82, 2.24) is 0 Å². The summed E-state index contributed by atoms with van der Waals surface area (Å²) in [7, 11) is 0. The van der Waals surface area contributed by atoms with Crippen LogP contribution in [0.2, 0.25) is 0 Å². The van der Waals surface area contributed by atoms with E-state index in [4.69, 9.17) is 10.8 Å². The molecular formula is C7H15NO. The standard InChI is InChI=1S/C7H15NO/c1-7(8,4-5-9)6-2-3-6/h6,9H,2-5,8H2,1H3. The Labute approximate surface area is 56.1 Å². The van der Waals surface area contributed by atoms with Crippen molar-refractivity contribution in [2.45, 2.75) is 31.7 Å². The second-order valence-electron chi connectivity index (χ2n) is 3.25. The Morgan fingerprint density at radius 3 is 2.56 bits per heavy atom. The van der Waals surface area contributed by atoms with Crippen LogP contribution in [0, 0.1) is 5.92 Å². The van der Waals surface area contributed by atoms with Crippen LogP contribution in [0.15, 0.2) is 0 Å². The van der Waals surface area contributed by atoms with E-state index in [-0.39, 0.29) is 12.1 Å². The van der Waals surface area contributed by atoms with E-state index in [0.717, 1.165) is 6.42 Å². The van der Waals surface area contributed by atoms with Crippen molar-refractivity contribution >= 4 is 0 Å². The van der Waals surface area contributed by atoms with Gasteiger partial charge in [-0.25, -0.2) is 0 Å². The number of rotatable bonds is 3. The van der Waals surface area contributed by atoms with E-state index in [1.807, 2.05) is 6.92 Å². The highest BCUT2D eigenvalue weighted by atomic mass is 16.3. The molecule has 0 heterocycles. The molecule has 0 radical (unpaired) electrons. The van der Waals surface area contributed by atoms with Crippen molar-refractivity contribution in [1.29, 1.82) is 0 Å². The van der Waals surface area contributed by atoms with Crippen LogP contribution in [0.3, 0.4) is 0 Å². The average molecular weight is 129 g/mol. The summed E-state index contributed by atoms with van der Waals surface area (Å²) in [4.78, 5) is 0. The highest BCUT2D eigenvalue weighted by Crippen LogP contribution is 2.39. The molecule has 9 heavy (non-hydrogen) atoms. The molecule has 0 saturated heterocycles. The Bertz CT molecular complexity index is 97.1. The fraction of sp³-hybridized carbons (Fsp3) is 1.00. The normalized spacial score (nSPS) is 25.7. The summed E-state index contributed by atoms with van der Waals surface area (Å²) in [6, 6.07) is 0. The Morgan fingerprint density at radius 2 is 2.22 bits per heavy atom. The molecule has 1 aliphatic rings. The molecule has 0 amide bonds. The minimum absolute atomic E-state index is 0.0885. The quantitative estimate of drug-likeness (QED) is 0.582. The number of aliphatic hydroxyl groups is 1. The van der Waals surface area contributed by atoms with Gasteiger partial charge < -0.3 is 10.8 Å². The van der Waals surface area contributed by atoms with Crippen LogP contribution in [-0.4, -0.2) is 17.3 Å². The molecule has 1 saturated carbocycles. The van der Waals surface area contributed by atoms with Crippen LogP contribution in [0.4, 0.5) is 0 Å². The Kier molecular flexibility index (Phi) is 1.78. The molecule has 1 fully saturated rings. The van der Waals surface area contributed by atoms with E-state index in [2.05, 4.69) is 0 Å². The molecule has 0 aromatic heterocycles. The van der Waals surface area contributed by atoms with E-state index < -0.39 is 0 Å². The predicted octanol–water partition coefficient (Wildman–Crippen LogP) is 0.496. The van der Waals surface area contributed by atoms with Gasteiger partial charge in [-0.15, -0.1) is 0 Å². The van der Waals surface area contributed by atoms with E-state index >= 15 is 0 Å². The van der Waals surface area contributed by atoms with Crippen molar-refractivity contribution in [3.8, 4) is 0 Å². The van der Waals surface area contributed by atoms with Gasteiger partial charge in [-0.1, -0.05) is 0 Å². The van der Waals surface area contributed by atoms with Crippen LogP contribution in [0.1, 0.15) is 26.2 Å². The summed E-state index contributed by atoms with van der Waals surface area (Å²) in [6.07, 6.45) is 3.26. The van der Waals surface area contributed by atoms with Crippen molar-refractivity contribution in [2.75, 3.05) is 6.61 Å². The van der Waals surface area contributed by atoms with Gasteiger partial charge >= 0.3 is 0 Å². The lowest BCUT2D eigenvalue weighted by Crippen LogP contribution is -2.39. The first-order valence-corrected chi connectivity index (χ1v) is 3.56. The van der Waals surface area contributed by atoms with Crippen molar-refractivity contribution in [3.63, 3.8) is 0 Å². The van der Waals surface area contributed by atoms with E-state index in [9.17, 15) is 0 Å². The topological polar surface area (TPSA) is 46.2 Å². The molecule has 1 aliphatic carbocycles. The minimum Gasteiger partial charge on any atom is -0.396 e. The highest BCUT2D eigenvalue weighted by molar-refractivity contribution is 4.94. The maximum absolute atomic E-state index is 8.60. The van der Waals surface area contributed by atoms with Gasteiger partial charge in [-0.3, -0.25) is 0 Å². The number of nitrogens with two attached hydrogens (primary N) is 1. The molecule has 0 bridgehead atoms. The lowest BCUT2D eigenvalue weighted by Gasteiger charge is -2.22. The fourth-order valence-corrected chi connectivity index (χ4v) is 1.19. The van der Waals surface area contributed by atoms with E-state index in [1.54, 1.807) is 0 Å². The average Bonchev–Trinajstić information content (AvgIpc) is 2.41. The molecule has 0 aromatic carbocycles. The predicted molar refractivity (Wildman–Crippen MR) is 37.0 cm³/mol. The molecule has 1 rings (SSSR count). The van der Waals surface area contributed by atoms with Crippen LogP contribution in [0.25, 0.3) is 0 Å². The Morgan fingerprint density at radius 1 is 1.67 bits per heavy atom. The number of aliphatic hydroxyl groups excluding tert-OH is 1. The monoisotopic (exact) mass is 129 g/mol. The van der Waals surface area contributed by atoms with Gasteiger partial charge in [0.2, 0.25) is 0 Å². The molecule has 2 nitrogen and oxygen atoms in total. The van der Waals surface area contributed by atoms with Crippen LogP contribution in [-0.2, 0) is 0 Å². The number of hydrogen-bond donors (Lipinski definition) is 2. The van der Waals surface area contributed by atoms with Gasteiger partial charge in [0.05, 0.1) is 0 Å². The van der Waals surface area contributed by atoms with Crippen molar-refractivity contribution in [3.05, 3.63) is 0 Å². The summed E-state index contributed by atoms with van der Waals surface area (Å²) in [6.45, 7) is 2.25. The molecule has 3 N–H and O–H groups in total. The van der Waals surface area contributed by atoms with Gasteiger partial charge in [0.25, 0.3) is 0 Å². The lowest BCUT2D eigenvalue weighted by molar-refractivity contribution is 0.233. The summed E-state index contributed by atoms with van der Waals surface area (Å²) < 4.78 is 0. The highest BCUT2D eigenvalue weighted by Gasteiger charge is 2.37. The van der Waals surface area contributed by atoms with Gasteiger partial charge in [0.15, 0.2) is 0 Å². The van der Waals surface area contributed by atoms with E-state index in [1.165, 1.54) is 12.8 Å². The van der Waals surface area contributed by atoms with Gasteiger partial charge in [0.1, 0.15) is 0 Å². The third kappa shape index (κ3) is 1.66. The van der Waals surface area contributed by atoms with Gasteiger partial charge in [0, 0.05) is 12.1 Å². The number of hydrogen-bond acceptors (Lipinski definition) is 2. The first-order valence-electron chi connectivity index (χ1n) is 3.56. The van der Waals surface area contributed by atoms with E-state index in [0.29, 0.717) is 5.92 Å². The molecule has 0 aliphatic heterocycles. The summed E-state index contributed by atoms with van der Waals surface area (Å²) in [5.41, 5.74) is 5.78. The largest absolute Gasteiger partial charge is 0.396 e. The zero-order chi connectivity index (χ0) is 6.91. The molecular weight excluding hydrogens is 114 g/mol. The maximum atomic E-state index is 8.60. The van der Waals surface area contributed by atoms with Crippen LogP contribution < -0.4 is 5.73 Å². The maximum Gasteiger partial charge on any atom is 0.0448 e. The van der Waals surface area contributed by atoms with Crippen LogP contribution in [0.5, 0.6) is 0 Å². The van der Waals surface area contributed by atoms with Crippen LogP contribution >= 0.6 is 0 Å². The summed E-state index contributed by atoms with van der Waals surface area (Å²) >= 11 is 0. The Hall–Kier alpha value is -0.0800. The van der Waals surface area contributed by atoms with Crippen molar-refractivity contribution in [2.24, 2.45) is 11.7 Å². The first kappa shape index (κ1) is 7.03. The molecule has 1 atom stereocenters. The second-order valence-corrected chi connectivity index (χ2v) is 3.25. The Balaban J connectivity index is 2.30. The zero-order valence-corrected chi connectivity index (χ0v) is 5.93. The smallest absolute Gasteiger partial charge is 0.0448 e. The zero-order valence-electron chi connectivity index (χ0n) is 5.93. The lowest BCUT2D eigenvalue weighted by atomic mass is 9.94. The molecule has 2 heteroatoms. The molecule has 54 valence electrons. The molecule has 0 spiro atoms. The van der Waals surface area contributed by atoms with Gasteiger partial charge in [-0.05, 0) is 32.1 Å². The summed E-state index contributed by atoms with van der Waals surface area (Å²) in [5, 5.41) is 8.60. The van der Waals surface area contributed by atoms with Gasteiger partial charge in [-0.2, -0.15) is 0 Å². The van der Waals surface area contributed by atoms with Crippen molar-refractivity contribution < 1.29 is 5.11 Å². The molecule has 0 aromatic rings. The molecule has 1 unspecified atom stereocenters. The minimum atomic E-state index is -0.0885. The second kappa shape index (κ2) is 2.27. The third-order valence-electron chi connectivity index (χ3n) is 2.16. The fourth-order valence-electron chi connectivity index (χ4n) is 1.19. The summed E-state index contributed by atoms with van der Waals surface area (Å²) in [5.74, 6) is 0.685. The third-order valence-corrected chi connectivity index (χ3v) is 2.16. The SMILES string of the molecule is CC(N)(CCO)C1CC1. The first-order chi connectivity index (χ1) is 4.17.